The molecule has 0 fully saturated rings. The first-order chi connectivity index (χ1) is 10.2. The maximum Gasteiger partial charge on any atom is 0.0897 e. The number of rotatable bonds is 12. The van der Waals surface area contributed by atoms with Crippen LogP contribution < -0.4 is 5.32 Å². The molecule has 0 bridgehead atoms. The first-order valence-electron chi connectivity index (χ1n) is 7.40. The molecule has 0 aromatic heterocycles. The summed E-state index contributed by atoms with van der Waals surface area (Å²) in [4.78, 5) is 2.19. The van der Waals surface area contributed by atoms with Crippen molar-refractivity contribution in [2.24, 2.45) is 0 Å². The Hall–Kier alpha value is -0.980. The van der Waals surface area contributed by atoms with Gasteiger partial charge in [-0.05, 0) is 12.6 Å². The first-order valence-corrected chi connectivity index (χ1v) is 7.40. The molecule has 0 aliphatic heterocycles. The number of methoxy groups -OCH3 is 1. The molecule has 0 heterocycles. The van der Waals surface area contributed by atoms with Gasteiger partial charge in [0.1, 0.15) is 0 Å². The van der Waals surface area contributed by atoms with Gasteiger partial charge >= 0.3 is 0 Å². The summed E-state index contributed by atoms with van der Waals surface area (Å²) in [6.07, 6.45) is -0.474. The van der Waals surface area contributed by atoms with Crippen LogP contribution in [0.5, 0.6) is 0 Å². The number of hydrogen-bond acceptors (Lipinski definition) is 5. The monoisotopic (exact) mass is 296 g/mol. The number of benzene rings is 1. The summed E-state index contributed by atoms with van der Waals surface area (Å²) in [6, 6.07) is 9.97. The summed E-state index contributed by atoms with van der Waals surface area (Å²) in [5, 5.41) is 13.0. The topological polar surface area (TPSA) is 54.0 Å². The van der Waals surface area contributed by atoms with Crippen LogP contribution in [0.25, 0.3) is 0 Å². The molecule has 0 saturated heterocycles. The van der Waals surface area contributed by atoms with Crippen LogP contribution in [0.4, 0.5) is 0 Å². The van der Waals surface area contributed by atoms with Gasteiger partial charge in [0.05, 0.1) is 25.9 Å². The number of aliphatic hydroxyl groups excluding tert-OH is 1. The minimum atomic E-state index is -0.474. The van der Waals surface area contributed by atoms with Crippen molar-refractivity contribution in [2.75, 3.05) is 53.6 Å². The Kier molecular flexibility index (Phi) is 10.0. The molecule has 0 spiro atoms. The van der Waals surface area contributed by atoms with E-state index in [4.69, 9.17) is 9.47 Å². The van der Waals surface area contributed by atoms with E-state index in [9.17, 15) is 5.11 Å². The summed E-state index contributed by atoms with van der Waals surface area (Å²) in [5.41, 5.74) is 1.12. The van der Waals surface area contributed by atoms with E-state index >= 15 is 0 Å². The minimum Gasteiger partial charge on any atom is -0.389 e. The SMILES string of the molecule is COCCN(C)CCNCC(O)COCc1ccccc1. The van der Waals surface area contributed by atoms with Crippen LogP contribution in [0, 0.1) is 0 Å². The van der Waals surface area contributed by atoms with E-state index in [1.165, 1.54) is 0 Å². The summed E-state index contributed by atoms with van der Waals surface area (Å²) < 4.78 is 10.5. The average Bonchev–Trinajstić information content (AvgIpc) is 2.50. The Morgan fingerprint density at radius 3 is 2.71 bits per heavy atom. The van der Waals surface area contributed by atoms with Crippen molar-refractivity contribution in [3.05, 3.63) is 35.9 Å². The van der Waals surface area contributed by atoms with E-state index in [1.807, 2.05) is 30.3 Å². The zero-order chi connectivity index (χ0) is 15.3. The lowest BCUT2D eigenvalue weighted by molar-refractivity contribution is 0.0287. The third-order valence-corrected chi connectivity index (χ3v) is 3.15. The Labute approximate surface area is 127 Å². The molecule has 120 valence electrons. The standard InChI is InChI=1S/C16H28N2O3/c1-18(10-11-20-2)9-8-17-12-16(19)14-21-13-15-6-4-3-5-7-15/h3-7,16-17,19H,8-14H2,1-2H3. The molecule has 5 nitrogen and oxygen atoms in total. The van der Waals surface area contributed by atoms with Crippen LogP contribution in [-0.2, 0) is 16.1 Å². The molecule has 0 amide bonds. The zero-order valence-electron chi connectivity index (χ0n) is 13.1. The Morgan fingerprint density at radius 1 is 1.24 bits per heavy atom. The highest BCUT2D eigenvalue weighted by Gasteiger charge is 2.04. The lowest BCUT2D eigenvalue weighted by atomic mass is 10.2. The van der Waals surface area contributed by atoms with Crippen LogP contribution >= 0.6 is 0 Å². The number of aliphatic hydroxyl groups is 1. The van der Waals surface area contributed by atoms with Gasteiger partial charge in [-0.3, -0.25) is 0 Å². The molecule has 1 aromatic carbocycles. The molecule has 0 saturated carbocycles. The van der Waals surface area contributed by atoms with Crippen molar-refractivity contribution in [3.8, 4) is 0 Å². The summed E-state index contributed by atoms with van der Waals surface area (Å²) in [5.74, 6) is 0. The normalized spacial score (nSPS) is 12.8. The fraction of sp³-hybridized carbons (Fsp3) is 0.625. The van der Waals surface area contributed by atoms with Gasteiger partial charge in [-0.25, -0.2) is 0 Å². The zero-order valence-corrected chi connectivity index (χ0v) is 13.1. The third-order valence-electron chi connectivity index (χ3n) is 3.15. The lowest BCUT2D eigenvalue weighted by Crippen LogP contribution is -2.36. The molecule has 1 rings (SSSR count). The van der Waals surface area contributed by atoms with Crippen LogP contribution in [0.15, 0.2) is 30.3 Å². The molecule has 0 aliphatic carbocycles. The van der Waals surface area contributed by atoms with E-state index < -0.39 is 6.10 Å². The van der Waals surface area contributed by atoms with Gasteiger partial charge in [-0.15, -0.1) is 0 Å². The van der Waals surface area contributed by atoms with Gasteiger partial charge in [0.2, 0.25) is 0 Å². The van der Waals surface area contributed by atoms with Crippen molar-refractivity contribution in [1.82, 2.24) is 10.2 Å². The smallest absolute Gasteiger partial charge is 0.0897 e. The number of hydrogen-bond donors (Lipinski definition) is 2. The van der Waals surface area contributed by atoms with Crippen LogP contribution in [0.2, 0.25) is 0 Å². The van der Waals surface area contributed by atoms with E-state index in [1.54, 1.807) is 7.11 Å². The second-order valence-electron chi connectivity index (χ2n) is 5.15. The van der Waals surface area contributed by atoms with E-state index in [-0.39, 0.29) is 0 Å². The van der Waals surface area contributed by atoms with E-state index in [0.717, 1.165) is 31.8 Å². The van der Waals surface area contributed by atoms with E-state index in [2.05, 4.69) is 17.3 Å². The number of ether oxygens (including phenoxy) is 2. The molecule has 5 heteroatoms. The number of nitrogens with zero attached hydrogens (tertiary/aromatic N) is 1. The fourth-order valence-electron chi connectivity index (χ4n) is 1.84. The molecule has 1 unspecified atom stereocenters. The van der Waals surface area contributed by atoms with Crippen LogP contribution in [-0.4, -0.2) is 69.7 Å². The fourth-order valence-corrected chi connectivity index (χ4v) is 1.84. The Balaban J connectivity index is 1.97. The van der Waals surface area contributed by atoms with Crippen molar-refractivity contribution in [1.29, 1.82) is 0 Å². The van der Waals surface area contributed by atoms with Crippen LogP contribution in [0.3, 0.4) is 0 Å². The number of likely N-dealkylation sites (N-methyl/N-ethyl adjacent to an activating group) is 1. The van der Waals surface area contributed by atoms with Crippen molar-refractivity contribution < 1.29 is 14.6 Å². The average molecular weight is 296 g/mol. The van der Waals surface area contributed by atoms with Crippen molar-refractivity contribution in [2.45, 2.75) is 12.7 Å². The predicted molar refractivity (Wildman–Crippen MR) is 84.3 cm³/mol. The van der Waals surface area contributed by atoms with Crippen LogP contribution in [0.1, 0.15) is 5.56 Å². The maximum absolute atomic E-state index is 9.81. The quantitative estimate of drug-likeness (QED) is 0.557. The van der Waals surface area contributed by atoms with Gasteiger partial charge in [-0.2, -0.15) is 0 Å². The maximum atomic E-state index is 9.81. The van der Waals surface area contributed by atoms with Gasteiger partial charge < -0.3 is 24.8 Å². The summed E-state index contributed by atoms with van der Waals surface area (Å²) >= 11 is 0. The lowest BCUT2D eigenvalue weighted by Gasteiger charge is -2.17. The first kappa shape index (κ1) is 18.1. The van der Waals surface area contributed by atoms with Gasteiger partial charge in [-0.1, -0.05) is 30.3 Å². The minimum absolute atomic E-state index is 0.349. The van der Waals surface area contributed by atoms with E-state index in [0.29, 0.717) is 19.8 Å². The third kappa shape index (κ3) is 9.55. The second-order valence-corrected chi connectivity index (χ2v) is 5.15. The summed E-state index contributed by atoms with van der Waals surface area (Å²) in [6.45, 7) is 4.87. The molecule has 21 heavy (non-hydrogen) atoms. The molecule has 2 N–H and O–H groups in total. The molecular weight excluding hydrogens is 268 g/mol. The van der Waals surface area contributed by atoms with Crippen molar-refractivity contribution >= 4 is 0 Å². The number of nitrogens with one attached hydrogen (secondary N) is 1. The van der Waals surface area contributed by atoms with Gasteiger partial charge in [0.25, 0.3) is 0 Å². The highest BCUT2D eigenvalue weighted by Crippen LogP contribution is 2.00. The van der Waals surface area contributed by atoms with Crippen molar-refractivity contribution in [3.63, 3.8) is 0 Å². The Bertz CT molecular complexity index is 349. The molecule has 1 aromatic rings. The highest BCUT2D eigenvalue weighted by molar-refractivity contribution is 5.13. The highest BCUT2D eigenvalue weighted by atomic mass is 16.5. The molecule has 0 radical (unpaired) electrons. The molecule has 1 atom stereocenters. The van der Waals surface area contributed by atoms with Gasteiger partial charge in [0.15, 0.2) is 0 Å². The molecular formula is C16H28N2O3. The Morgan fingerprint density at radius 2 is 2.00 bits per heavy atom. The molecule has 0 aliphatic rings. The largest absolute Gasteiger partial charge is 0.389 e. The summed E-state index contributed by atoms with van der Waals surface area (Å²) in [7, 11) is 3.76. The predicted octanol–water partition coefficient (Wildman–Crippen LogP) is 0.732. The van der Waals surface area contributed by atoms with Gasteiger partial charge in [0, 0.05) is 33.3 Å². The second kappa shape index (κ2) is 11.7.